The number of nitrogens with two attached hydrogens (primary N) is 1. The highest BCUT2D eigenvalue weighted by Crippen LogP contribution is 2.10. The van der Waals surface area contributed by atoms with E-state index >= 15 is 0 Å². The molecule has 0 aliphatic carbocycles. The van der Waals surface area contributed by atoms with E-state index in [1.54, 1.807) is 24.5 Å². The molecule has 1 heterocycles. The maximum atomic E-state index is 9.85. The molecule has 1 aromatic heterocycles. The summed E-state index contributed by atoms with van der Waals surface area (Å²) in [6, 6.07) is 3.52. The quantitative estimate of drug-likeness (QED) is 0.536. The van der Waals surface area contributed by atoms with E-state index in [4.69, 9.17) is 5.73 Å². The number of aromatic nitrogens is 1. The highest BCUT2D eigenvalue weighted by atomic mass is 16.3. The summed E-state index contributed by atoms with van der Waals surface area (Å²) in [6.07, 6.45) is 2.62. The molecule has 0 aliphatic heterocycles. The average Bonchev–Trinajstić information content (AvgIpc) is 2.25. The van der Waals surface area contributed by atoms with Crippen LogP contribution in [0.5, 0.6) is 0 Å². The lowest BCUT2D eigenvalue weighted by molar-refractivity contribution is 0.187. The number of nitrogens with one attached hydrogen (secondary N) is 1. The fraction of sp³-hybridized carbons (Fsp3) is 0.500. The Labute approximate surface area is 102 Å². The van der Waals surface area contributed by atoms with E-state index in [-0.39, 0.29) is 12.1 Å². The predicted octanol–water partition coefficient (Wildman–Crippen LogP) is 0.818. The van der Waals surface area contributed by atoms with Crippen LogP contribution in [0.4, 0.5) is 0 Å². The second-order valence-corrected chi connectivity index (χ2v) is 4.90. The molecule has 1 atom stereocenters. The lowest BCUT2D eigenvalue weighted by Gasteiger charge is -2.21. The van der Waals surface area contributed by atoms with E-state index in [9.17, 15) is 5.11 Å². The van der Waals surface area contributed by atoms with Crippen LogP contribution in [0, 0.1) is 0 Å². The van der Waals surface area contributed by atoms with Crippen molar-refractivity contribution in [3.8, 4) is 0 Å². The summed E-state index contributed by atoms with van der Waals surface area (Å²) >= 11 is 0. The molecule has 0 radical (unpaired) electrons. The first-order chi connectivity index (χ1) is 7.88. The minimum Gasteiger partial charge on any atom is -0.386 e. The van der Waals surface area contributed by atoms with E-state index in [0.29, 0.717) is 5.96 Å². The van der Waals surface area contributed by atoms with E-state index in [1.807, 2.05) is 20.8 Å². The number of hydrogen-bond acceptors (Lipinski definition) is 3. The number of aliphatic hydroxyl groups is 1. The molecule has 0 amide bonds. The molecule has 1 unspecified atom stereocenters. The number of pyridine rings is 1. The number of rotatable bonds is 3. The molecule has 0 saturated carbocycles. The fourth-order valence-electron chi connectivity index (χ4n) is 1.30. The Balaban J connectivity index is 2.53. The normalized spacial score (nSPS) is 14.5. The minimum atomic E-state index is -0.654. The third-order valence-electron chi connectivity index (χ3n) is 2.03. The highest BCUT2D eigenvalue weighted by Gasteiger charge is 2.11. The maximum Gasteiger partial charge on any atom is 0.189 e. The SMILES string of the molecule is CC(C)(C)NC(N)=NCC(O)c1ccncc1. The zero-order chi connectivity index (χ0) is 12.9. The summed E-state index contributed by atoms with van der Waals surface area (Å²) in [5.74, 6) is 0.339. The van der Waals surface area contributed by atoms with Gasteiger partial charge < -0.3 is 16.2 Å². The van der Waals surface area contributed by atoms with Gasteiger partial charge in [-0.1, -0.05) is 0 Å². The Kier molecular flexibility index (Phi) is 4.45. The summed E-state index contributed by atoms with van der Waals surface area (Å²) in [6.45, 7) is 6.22. The third-order valence-corrected chi connectivity index (χ3v) is 2.03. The first kappa shape index (κ1) is 13.4. The van der Waals surface area contributed by atoms with Crippen LogP contribution in [-0.2, 0) is 0 Å². The number of aliphatic imine (C=N–C) groups is 1. The first-order valence-corrected chi connectivity index (χ1v) is 5.54. The van der Waals surface area contributed by atoms with Crippen LogP contribution in [0.25, 0.3) is 0 Å². The van der Waals surface area contributed by atoms with E-state index in [1.165, 1.54) is 0 Å². The van der Waals surface area contributed by atoms with Crippen molar-refractivity contribution in [3.63, 3.8) is 0 Å². The molecule has 17 heavy (non-hydrogen) atoms. The van der Waals surface area contributed by atoms with Gasteiger partial charge >= 0.3 is 0 Å². The zero-order valence-electron chi connectivity index (χ0n) is 10.5. The van der Waals surface area contributed by atoms with Gasteiger partial charge in [-0.15, -0.1) is 0 Å². The molecule has 0 aromatic carbocycles. The standard InChI is InChI=1S/C12H20N4O/c1-12(2,3)16-11(13)15-8-10(17)9-4-6-14-7-5-9/h4-7,10,17H,8H2,1-3H3,(H3,13,15,16). The molecule has 0 saturated heterocycles. The number of guanidine groups is 1. The molecule has 0 bridgehead atoms. The van der Waals surface area contributed by atoms with Crippen molar-refractivity contribution in [1.29, 1.82) is 0 Å². The van der Waals surface area contributed by atoms with Crippen molar-refractivity contribution >= 4 is 5.96 Å². The summed E-state index contributed by atoms with van der Waals surface area (Å²) in [5.41, 5.74) is 6.36. The molecule has 1 rings (SSSR count). The third kappa shape index (κ3) is 5.31. The Hall–Kier alpha value is -1.62. The topological polar surface area (TPSA) is 83.5 Å². The van der Waals surface area contributed by atoms with Crippen molar-refractivity contribution in [2.75, 3.05) is 6.54 Å². The Bertz CT molecular complexity index is 370. The van der Waals surface area contributed by atoms with Crippen molar-refractivity contribution in [3.05, 3.63) is 30.1 Å². The Morgan fingerprint density at radius 3 is 2.59 bits per heavy atom. The molecule has 4 N–H and O–H groups in total. The van der Waals surface area contributed by atoms with Gasteiger partial charge in [-0.05, 0) is 38.5 Å². The average molecular weight is 236 g/mol. The molecule has 5 nitrogen and oxygen atoms in total. The van der Waals surface area contributed by atoms with Gasteiger partial charge in [0.25, 0.3) is 0 Å². The molecule has 0 aliphatic rings. The van der Waals surface area contributed by atoms with Crippen LogP contribution in [0.15, 0.2) is 29.5 Å². The van der Waals surface area contributed by atoms with Crippen LogP contribution in [0.1, 0.15) is 32.4 Å². The Morgan fingerprint density at radius 1 is 1.47 bits per heavy atom. The zero-order valence-corrected chi connectivity index (χ0v) is 10.5. The highest BCUT2D eigenvalue weighted by molar-refractivity contribution is 5.78. The van der Waals surface area contributed by atoms with Crippen molar-refractivity contribution < 1.29 is 5.11 Å². The van der Waals surface area contributed by atoms with Gasteiger partial charge in [0.05, 0.1) is 12.6 Å². The molecular weight excluding hydrogens is 216 g/mol. The van der Waals surface area contributed by atoms with Gasteiger partial charge in [-0.3, -0.25) is 9.98 Å². The van der Waals surface area contributed by atoms with Gasteiger partial charge in [0, 0.05) is 17.9 Å². The van der Waals surface area contributed by atoms with Crippen LogP contribution in [-0.4, -0.2) is 28.1 Å². The van der Waals surface area contributed by atoms with E-state index in [0.717, 1.165) is 5.56 Å². The predicted molar refractivity (Wildman–Crippen MR) is 68.6 cm³/mol. The fourth-order valence-corrected chi connectivity index (χ4v) is 1.30. The smallest absolute Gasteiger partial charge is 0.189 e. The second-order valence-electron chi connectivity index (χ2n) is 4.90. The lowest BCUT2D eigenvalue weighted by Crippen LogP contribution is -2.45. The van der Waals surface area contributed by atoms with Gasteiger partial charge in [-0.25, -0.2) is 0 Å². The van der Waals surface area contributed by atoms with Gasteiger partial charge in [0.2, 0.25) is 0 Å². The van der Waals surface area contributed by atoms with Crippen LogP contribution < -0.4 is 11.1 Å². The molecule has 94 valence electrons. The lowest BCUT2D eigenvalue weighted by atomic mass is 10.1. The summed E-state index contributed by atoms with van der Waals surface area (Å²) in [7, 11) is 0. The van der Waals surface area contributed by atoms with Crippen LogP contribution >= 0.6 is 0 Å². The van der Waals surface area contributed by atoms with Crippen molar-refractivity contribution in [2.24, 2.45) is 10.7 Å². The summed E-state index contributed by atoms with van der Waals surface area (Å²) in [4.78, 5) is 7.99. The molecule has 0 fully saturated rings. The summed E-state index contributed by atoms with van der Waals surface area (Å²) < 4.78 is 0. The van der Waals surface area contributed by atoms with Crippen LogP contribution in [0.3, 0.4) is 0 Å². The number of hydrogen-bond donors (Lipinski definition) is 3. The van der Waals surface area contributed by atoms with Gasteiger partial charge in [-0.2, -0.15) is 0 Å². The minimum absolute atomic E-state index is 0.130. The Morgan fingerprint density at radius 2 is 2.06 bits per heavy atom. The number of nitrogens with zero attached hydrogens (tertiary/aromatic N) is 2. The molecule has 1 aromatic rings. The van der Waals surface area contributed by atoms with Crippen molar-refractivity contribution in [1.82, 2.24) is 10.3 Å². The van der Waals surface area contributed by atoms with Crippen molar-refractivity contribution in [2.45, 2.75) is 32.4 Å². The van der Waals surface area contributed by atoms with Crippen LogP contribution in [0.2, 0.25) is 0 Å². The summed E-state index contributed by atoms with van der Waals surface area (Å²) in [5, 5.41) is 12.9. The molecular formula is C12H20N4O. The monoisotopic (exact) mass is 236 g/mol. The maximum absolute atomic E-state index is 9.85. The molecule has 0 spiro atoms. The molecule has 5 heteroatoms. The van der Waals surface area contributed by atoms with Gasteiger partial charge in [0.15, 0.2) is 5.96 Å². The van der Waals surface area contributed by atoms with E-state index in [2.05, 4.69) is 15.3 Å². The first-order valence-electron chi connectivity index (χ1n) is 5.54. The van der Waals surface area contributed by atoms with Gasteiger partial charge in [0.1, 0.15) is 0 Å². The largest absolute Gasteiger partial charge is 0.386 e. The second kappa shape index (κ2) is 5.63. The van der Waals surface area contributed by atoms with E-state index < -0.39 is 6.10 Å². The number of aliphatic hydroxyl groups excluding tert-OH is 1.